The van der Waals surface area contributed by atoms with Crippen molar-refractivity contribution in [3.63, 3.8) is 0 Å². The fraction of sp³-hybridized carbons (Fsp3) is 0.333. The third kappa shape index (κ3) is 2.69. The summed E-state index contributed by atoms with van der Waals surface area (Å²) in [5.41, 5.74) is 6.85. The molecule has 0 bridgehead atoms. The molecule has 0 atom stereocenters. The van der Waals surface area contributed by atoms with Crippen LogP contribution in [-0.4, -0.2) is 29.3 Å². The van der Waals surface area contributed by atoms with E-state index in [-0.39, 0.29) is 5.56 Å². The van der Waals surface area contributed by atoms with Gasteiger partial charge in [-0.2, -0.15) is 0 Å². The Kier molecular flexibility index (Phi) is 3.85. The van der Waals surface area contributed by atoms with Gasteiger partial charge in [0.05, 0.1) is 30.4 Å². The maximum atomic E-state index is 11.7. The lowest BCUT2D eigenvalue weighted by atomic mass is 10.3. The summed E-state index contributed by atoms with van der Waals surface area (Å²) in [6, 6.07) is 7.55. The molecule has 0 saturated carbocycles. The molecule has 17 heavy (non-hydrogen) atoms. The summed E-state index contributed by atoms with van der Waals surface area (Å²) in [4.78, 5) is 15.8. The Hall–Kier alpha value is -1.72. The number of aromatic nitrogens is 2. The van der Waals surface area contributed by atoms with Gasteiger partial charge in [0.25, 0.3) is 5.56 Å². The molecule has 0 unspecified atom stereocenters. The van der Waals surface area contributed by atoms with Crippen LogP contribution in [0.1, 0.15) is 0 Å². The smallest absolute Gasteiger partial charge is 0.269 e. The minimum Gasteiger partial charge on any atom is -0.378 e. The van der Waals surface area contributed by atoms with Gasteiger partial charge in [-0.3, -0.25) is 4.79 Å². The zero-order chi connectivity index (χ0) is 12.1. The molecule has 1 aromatic heterocycles. The Morgan fingerprint density at radius 3 is 2.94 bits per heavy atom. The van der Waals surface area contributed by atoms with Gasteiger partial charge < -0.3 is 15.0 Å². The van der Waals surface area contributed by atoms with Crippen LogP contribution in [0.15, 0.2) is 35.3 Å². The van der Waals surface area contributed by atoms with Gasteiger partial charge in [0.15, 0.2) is 0 Å². The minimum absolute atomic E-state index is 0.111. The molecule has 0 aliphatic carbocycles. The quantitative estimate of drug-likeness (QED) is 0.757. The molecule has 5 heteroatoms. The van der Waals surface area contributed by atoms with Crippen LogP contribution in [0.2, 0.25) is 0 Å². The molecule has 2 aromatic rings. The first-order chi connectivity index (χ1) is 8.33. The van der Waals surface area contributed by atoms with E-state index in [1.165, 1.54) is 6.20 Å². The second kappa shape index (κ2) is 5.56. The van der Waals surface area contributed by atoms with Gasteiger partial charge in [0.1, 0.15) is 0 Å². The molecule has 2 rings (SSSR count). The van der Waals surface area contributed by atoms with Gasteiger partial charge >= 0.3 is 0 Å². The zero-order valence-electron chi connectivity index (χ0n) is 9.50. The fourth-order valence-corrected chi connectivity index (χ4v) is 1.69. The number of hydrogen-bond acceptors (Lipinski definition) is 4. The van der Waals surface area contributed by atoms with Crippen molar-refractivity contribution in [1.29, 1.82) is 0 Å². The molecular formula is C12H15N3O2. The zero-order valence-corrected chi connectivity index (χ0v) is 9.50. The number of hydrogen-bond donors (Lipinski definition) is 1. The molecule has 1 heterocycles. The largest absolute Gasteiger partial charge is 0.378 e. The van der Waals surface area contributed by atoms with Gasteiger partial charge in [0.2, 0.25) is 0 Å². The first-order valence-corrected chi connectivity index (χ1v) is 5.55. The third-order valence-corrected chi connectivity index (χ3v) is 2.47. The standard InChI is InChI=1S/C12H15N3O2/c13-5-7-17-8-6-15-11-4-2-1-3-10(11)14-9-12(15)16/h1-4,9H,5-8,13H2. The summed E-state index contributed by atoms with van der Waals surface area (Å²) in [6.45, 7) is 2.00. The Morgan fingerprint density at radius 2 is 2.12 bits per heavy atom. The number of fused-ring (bicyclic) bond motifs is 1. The van der Waals surface area contributed by atoms with E-state index >= 15 is 0 Å². The second-order valence-electron chi connectivity index (χ2n) is 3.64. The number of ether oxygens (including phenoxy) is 1. The highest BCUT2D eigenvalue weighted by Gasteiger charge is 2.02. The average Bonchev–Trinajstić information content (AvgIpc) is 2.37. The predicted octanol–water partition coefficient (Wildman–Crippen LogP) is 0.372. The van der Waals surface area contributed by atoms with Crippen molar-refractivity contribution in [2.45, 2.75) is 6.54 Å². The Labute approximate surface area is 98.8 Å². The molecule has 0 fully saturated rings. The number of para-hydroxylation sites is 2. The van der Waals surface area contributed by atoms with Crippen LogP contribution >= 0.6 is 0 Å². The summed E-state index contributed by atoms with van der Waals surface area (Å²) < 4.78 is 6.95. The SMILES string of the molecule is NCCOCCn1c(=O)cnc2ccccc21. The van der Waals surface area contributed by atoms with Crippen LogP contribution < -0.4 is 11.3 Å². The molecule has 1 aromatic carbocycles. The highest BCUT2D eigenvalue weighted by atomic mass is 16.5. The van der Waals surface area contributed by atoms with Gasteiger partial charge in [-0.15, -0.1) is 0 Å². The number of nitrogens with zero attached hydrogens (tertiary/aromatic N) is 2. The van der Waals surface area contributed by atoms with E-state index in [9.17, 15) is 4.79 Å². The molecule has 2 N–H and O–H groups in total. The number of benzene rings is 1. The minimum atomic E-state index is -0.111. The highest BCUT2D eigenvalue weighted by Crippen LogP contribution is 2.07. The lowest BCUT2D eigenvalue weighted by Gasteiger charge is -2.09. The second-order valence-corrected chi connectivity index (χ2v) is 3.64. The van der Waals surface area contributed by atoms with Crippen molar-refractivity contribution in [2.75, 3.05) is 19.8 Å². The molecule has 0 aliphatic rings. The van der Waals surface area contributed by atoms with Crippen LogP contribution in [0.25, 0.3) is 11.0 Å². The molecular weight excluding hydrogens is 218 g/mol. The average molecular weight is 233 g/mol. The topological polar surface area (TPSA) is 70.1 Å². The summed E-state index contributed by atoms with van der Waals surface area (Å²) in [6.07, 6.45) is 1.34. The maximum Gasteiger partial charge on any atom is 0.269 e. The Balaban J connectivity index is 2.25. The van der Waals surface area contributed by atoms with Crippen LogP contribution in [0.3, 0.4) is 0 Å². The van der Waals surface area contributed by atoms with E-state index in [4.69, 9.17) is 10.5 Å². The van der Waals surface area contributed by atoms with E-state index in [1.807, 2.05) is 24.3 Å². The van der Waals surface area contributed by atoms with Gasteiger partial charge in [-0.05, 0) is 12.1 Å². The number of nitrogens with two attached hydrogens (primary N) is 1. The first-order valence-electron chi connectivity index (χ1n) is 5.55. The molecule has 5 nitrogen and oxygen atoms in total. The van der Waals surface area contributed by atoms with Crippen molar-refractivity contribution >= 4 is 11.0 Å². The summed E-state index contributed by atoms with van der Waals surface area (Å²) in [7, 11) is 0. The van der Waals surface area contributed by atoms with Crippen LogP contribution in [0, 0.1) is 0 Å². The van der Waals surface area contributed by atoms with Gasteiger partial charge in [-0.25, -0.2) is 4.98 Å². The molecule has 0 spiro atoms. The normalized spacial score (nSPS) is 10.9. The molecule has 0 aliphatic heterocycles. The molecule has 0 radical (unpaired) electrons. The van der Waals surface area contributed by atoms with Crippen molar-refractivity contribution in [1.82, 2.24) is 9.55 Å². The Bertz CT molecular complexity index is 551. The van der Waals surface area contributed by atoms with E-state index in [2.05, 4.69) is 4.98 Å². The molecule has 0 saturated heterocycles. The first kappa shape index (κ1) is 11.8. The van der Waals surface area contributed by atoms with E-state index in [1.54, 1.807) is 4.57 Å². The van der Waals surface area contributed by atoms with Gasteiger partial charge in [-0.1, -0.05) is 12.1 Å². The van der Waals surface area contributed by atoms with Crippen molar-refractivity contribution < 1.29 is 4.74 Å². The highest BCUT2D eigenvalue weighted by molar-refractivity contribution is 5.74. The summed E-state index contributed by atoms with van der Waals surface area (Å²) >= 11 is 0. The summed E-state index contributed by atoms with van der Waals surface area (Å²) in [5.74, 6) is 0. The van der Waals surface area contributed by atoms with Crippen molar-refractivity contribution in [3.05, 3.63) is 40.8 Å². The van der Waals surface area contributed by atoms with E-state index in [0.29, 0.717) is 26.3 Å². The number of rotatable bonds is 5. The van der Waals surface area contributed by atoms with Crippen molar-refractivity contribution in [3.8, 4) is 0 Å². The summed E-state index contributed by atoms with van der Waals surface area (Å²) in [5, 5.41) is 0. The van der Waals surface area contributed by atoms with Crippen LogP contribution in [-0.2, 0) is 11.3 Å². The molecule has 0 amide bonds. The van der Waals surface area contributed by atoms with Crippen molar-refractivity contribution in [2.24, 2.45) is 5.73 Å². The molecule has 90 valence electrons. The predicted molar refractivity (Wildman–Crippen MR) is 65.9 cm³/mol. The lowest BCUT2D eigenvalue weighted by molar-refractivity contribution is 0.133. The monoisotopic (exact) mass is 233 g/mol. The maximum absolute atomic E-state index is 11.7. The van der Waals surface area contributed by atoms with E-state index < -0.39 is 0 Å². The Morgan fingerprint density at radius 1 is 1.29 bits per heavy atom. The fourth-order valence-electron chi connectivity index (χ4n) is 1.69. The van der Waals surface area contributed by atoms with E-state index in [0.717, 1.165) is 11.0 Å². The lowest BCUT2D eigenvalue weighted by Crippen LogP contribution is -2.23. The van der Waals surface area contributed by atoms with Crippen LogP contribution in [0.4, 0.5) is 0 Å². The van der Waals surface area contributed by atoms with Crippen LogP contribution in [0.5, 0.6) is 0 Å². The third-order valence-electron chi connectivity index (χ3n) is 2.47. The van der Waals surface area contributed by atoms with Gasteiger partial charge in [0, 0.05) is 13.1 Å².